The zero-order valence-electron chi connectivity index (χ0n) is 22.1. The number of amides is 2. The van der Waals surface area contributed by atoms with Crippen molar-refractivity contribution in [1.82, 2.24) is 30.0 Å². The number of ether oxygens (including phenoxy) is 2. The third-order valence-electron chi connectivity index (χ3n) is 7.42. The van der Waals surface area contributed by atoms with Gasteiger partial charge in [-0.3, -0.25) is 9.89 Å². The number of nitrogens with zero attached hydrogens (tertiary/aromatic N) is 5. The molecule has 204 valence electrons. The number of hydrogen-bond donors (Lipinski definition) is 2. The van der Waals surface area contributed by atoms with E-state index in [1.54, 1.807) is 9.80 Å². The molecule has 4 aromatic rings. The second-order valence-electron chi connectivity index (χ2n) is 9.97. The zero-order valence-corrected chi connectivity index (χ0v) is 22.1. The first kappa shape index (κ1) is 25.2. The lowest BCUT2D eigenvalue weighted by molar-refractivity contribution is 0.0558. The highest BCUT2D eigenvalue weighted by atomic mass is 16.6. The van der Waals surface area contributed by atoms with Crippen molar-refractivity contribution >= 4 is 39.6 Å². The van der Waals surface area contributed by atoms with E-state index in [-0.39, 0.29) is 12.0 Å². The van der Waals surface area contributed by atoms with Crippen LogP contribution in [0, 0.1) is 0 Å². The van der Waals surface area contributed by atoms with Gasteiger partial charge in [-0.15, -0.1) is 0 Å². The fraction of sp³-hybridized carbons (Fsp3) is 0.429. The van der Waals surface area contributed by atoms with Crippen molar-refractivity contribution in [1.29, 1.82) is 0 Å². The zero-order chi connectivity index (χ0) is 26.8. The molecule has 0 bridgehead atoms. The van der Waals surface area contributed by atoms with E-state index in [2.05, 4.69) is 39.1 Å². The number of hydrogen-bond acceptors (Lipinski definition) is 7. The SMILES string of the molecule is CCCCOC(=O)N1CCN(C(=O)c2ccc3[nH]nc(-c4nc5ccc(N6CCOCC6)cc5[nH]4)c3c2)CC1. The lowest BCUT2D eigenvalue weighted by Crippen LogP contribution is -2.50. The van der Waals surface area contributed by atoms with Crippen LogP contribution in [0.5, 0.6) is 0 Å². The van der Waals surface area contributed by atoms with Crippen molar-refractivity contribution in [3.8, 4) is 11.5 Å². The van der Waals surface area contributed by atoms with Gasteiger partial charge in [0.2, 0.25) is 0 Å². The minimum Gasteiger partial charge on any atom is -0.449 e. The molecule has 2 fully saturated rings. The Morgan fingerprint density at radius 3 is 2.56 bits per heavy atom. The third-order valence-corrected chi connectivity index (χ3v) is 7.42. The molecular formula is C28H33N7O4. The number of rotatable bonds is 6. The molecule has 2 amide bonds. The average molecular weight is 532 g/mol. The molecule has 2 aromatic heterocycles. The van der Waals surface area contributed by atoms with Crippen molar-refractivity contribution < 1.29 is 19.1 Å². The number of aromatic nitrogens is 4. The number of unbranched alkanes of at least 4 members (excludes halogenated alkanes) is 1. The monoisotopic (exact) mass is 531 g/mol. The van der Waals surface area contributed by atoms with Crippen molar-refractivity contribution in [3.63, 3.8) is 0 Å². The van der Waals surface area contributed by atoms with Gasteiger partial charge in [0.1, 0.15) is 5.69 Å². The summed E-state index contributed by atoms with van der Waals surface area (Å²) in [6.07, 6.45) is 1.53. The second kappa shape index (κ2) is 10.9. The third kappa shape index (κ3) is 5.14. The maximum atomic E-state index is 13.4. The molecule has 0 radical (unpaired) electrons. The van der Waals surface area contributed by atoms with Gasteiger partial charge >= 0.3 is 6.09 Å². The molecule has 11 heteroatoms. The van der Waals surface area contributed by atoms with Gasteiger partial charge in [0.05, 0.1) is 36.4 Å². The number of fused-ring (bicyclic) bond motifs is 2. The predicted molar refractivity (Wildman–Crippen MR) is 148 cm³/mol. The molecule has 2 aromatic carbocycles. The van der Waals surface area contributed by atoms with Gasteiger partial charge in [-0.25, -0.2) is 9.78 Å². The summed E-state index contributed by atoms with van der Waals surface area (Å²) in [5.74, 6) is 0.581. The summed E-state index contributed by atoms with van der Waals surface area (Å²) in [6.45, 7) is 7.53. The molecule has 6 rings (SSSR count). The molecule has 2 aliphatic heterocycles. The number of benzene rings is 2. The fourth-order valence-electron chi connectivity index (χ4n) is 5.13. The minimum atomic E-state index is -0.303. The van der Waals surface area contributed by atoms with Crippen molar-refractivity contribution in [3.05, 3.63) is 42.0 Å². The Labute approximate surface area is 226 Å². The first-order valence-electron chi connectivity index (χ1n) is 13.6. The molecule has 0 atom stereocenters. The van der Waals surface area contributed by atoms with Crippen LogP contribution in [-0.2, 0) is 9.47 Å². The highest BCUT2D eigenvalue weighted by Gasteiger charge is 2.26. The van der Waals surface area contributed by atoms with Gasteiger partial charge in [0.15, 0.2) is 5.82 Å². The van der Waals surface area contributed by atoms with Crippen LogP contribution in [0.2, 0.25) is 0 Å². The Bertz CT molecular complexity index is 1480. The van der Waals surface area contributed by atoms with Crippen molar-refractivity contribution in [2.45, 2.75) is 19.8 Å². The lowest BCUT2D eigenvalue weighted by Gasteiger charge is -2.34. The van der Waals surface area contributed by atoms with Crippen LogP contribution in [0.1, 0.15) is 30.1 Å². The largest absolute Gasteiger partial charge is 0.449 e. The molecule has 11 nitrogen and oxygen atoms in total. The number of morpholine rings is 1. The molecule has 2 aliphatic rings. The van der Waals surface area contributed by atoms with Gasteiger partial charge in [0.25, 0.3) is 5.91 Å². The van der Waals surface area contributed by atoms with E-state index in [0.29, 0.717) is 49.9 Å². The number of nitrogens with one attached hydrogen (secondary N) is 2. The molecule has 2 N–H and O–H groups in total. The maximum absolute atomic E-state index is 13.4. The Kier molecular flexibility index (Phi) is 7.06. The Morgan fingerprint density at radius 1 is 0.974 bits per heavy atom. The van der Waals surface area contributed by atoms with E-state index >= 15 is 0 Å². The fourth-order valence-corrected chi connectivity index (χ4v) is 5.13. The number of carbonyl (C=O) groups is 2. The number of aromatic amines is 2. The van der Waals surface area contributed by atoms with Crippen LogP contribution in [0.25, 0.3) is 33.5 Å². The summed E-state index contributed by atoms with van der Waals surface area (Å²) in [7, 11) is 0. The number of anilines is 1. The number of carbonyl (C=O) groups excluding carboxylic acids is 2. The van der Waals surface area contributed by atoms with Gasteiger partial charge in [-0.1, -0.05) is 13.3 Å². The molecular weight excluding hydrogens is 498 g/mol. The normalized spacial score (nSPS) is 16.3. The van der Waals surface area contributed by atoms with E-state index in [1.165, 1.54) is 0 Å². The van der Waals surface area contributed by atoms with Gasteiger partial charge < -0.3 is 29.2 Å². The lowest BCUT2D eigenvalue weighted by atomic mass is 10.1. The Balaban J connectivity index is 1.18. The standard InChI is InChI=1S/C28H33N7O4/c1-2-3-14-39-28(37)35-10-8-34(9-11-35)27(36)19-4-6-22-21(17-19)25(32-31-22)26-29-23-7-5-20(18-24(23)30-26)33-12-15-38-16-13-33/h4-7,17-18H,2-3,8-16H2,1H3,(H,29,30)(H,31,32). The van der Waals surface area contributed by atoms with Crippen LogP contribution in [0.3, 0.4) is 0 Å². The van der Waals surface area contributed by atoms with Gasteiger partial charge in [-0.2, -0.15) is 5.10 Å². The molecule has 0 spiro atoms. The van der Waals surface area contributed by atoms with Crippen LogP contribution >= 0.6 is 0 Å². The highest BCUT2D eigenvalue weighted by molar-refractivity contribution is 6.01. The number of H-pyrrole nitrogens is 2. The highest BCUT2D eigenvalue weighted by Crippen LogP contribution is 2.29. The van der Waals surface area contributed by atoms with E-state index < -0.39 is 0 Å². The van der Waals surface area contributed by atoms with Crippen molar-refractivity contribution in [2.75, 3.05) is 64.0 Å². The van der Waals surface area contributed by atoms with E-state index in [1.807, 2.05) is 24.3 Å². The molecule has 2 saturated heterocycles. The average Bonchev–Trinajstić information content (AvgIpc) is 3.60. The van der Waals surface area contributed by atoms with E-state index in [9.17, 15) is 9.59 Å². The smallest absolute Gasteiger partial charge is 0.409 e. The van der Waals surface area contributed by atoms with Crippen LogP contribution in [0.15, 0.2) is 36.4 Å². The molecule has 0 aliphatic carbocycles. The predicted octanol–water partition coefficient (Wildman–Crippen LogP) is 3.64. The summed E-state index contributed by atoms with van der Waals surface area (Å²) in [5, 5.41) is 8.41. The summed E-state index contributed by atoms with van der Waals surface area (Å²) >= 11 is 0. The number of imidazole rings is 1. The van der Waals surface area contributed by atoms with Crippen LogP contribution < -0.4 is 4.90 Å². The number of piperazine rings is 1. The summed E-state index contributed by atoms with van der Waals surface area (Å²) in [5.41, 5.74) is 5.00. The van der Waals surface area contributed by atoms with Crippen LogP contribution in [-0.4, -0.2) is 101 Å². The van der Waals surface area contributed by atoms with Gasteiger partial charge in [-0.05, 0) is 42.8 Å². The molecule has 0 saturated carbocycles. The van der Waals surface area contributed by atoms with E-state index in [4.69, 9.17) is 14.5 Å². The molecule has 0 unspecified atom stereocenters. The van der Waals surface area contributed by atoms with E-state index in [0.717, 1.165) is 66.8 Å². The Morgan fingerprint density at radius 2 is 1.77 bits per heavy atom. The summed E-state index contributed by atoms with van der Waals surface area (Å²) in [4.78, 5) is 39.6. The topological polar surface area (TPSA) is 120 Å². The first-order valence-corrected chi connectivity index (χ1v) is 13.6. The first-order chi connectivity index (χ1) is 19.1. The van der Waals surface area contributed by atoms with Gasteiger partial charge in [0, 0.05) is 55.9 Å². The Hall–Kier alpha value is -4.12. The summed E-state index contributed by atoms with van der Waals surface area (Å²) in [6, 6.07) is 11.8. The minimum absolute atomic E-state index is 0.0668. The van der Waals surface area contributed by atoms with Crippen molar-refractivity contribution in [2.24, 2.45) is 0 Å². The molecule has 39 heavy (non-hydrogen) atoms. The quantitative estimate of drug-likeness (QED) is 0.365. The van der Waals surface area contributed by atoms with Crippen LogP contribution in [0.4, 0.5) is 10.5 Å². The second-order valence-corrected chi connectivity index (χ2v) is 9.97. The molecule has 4 heterocycles. The summed E-state index contributed by atoms with van der Waals surface area (Å²) < 4.78 is 10.8. The maximum Gasteiger partial charge on any atom is 0.409 e.